The number of aromatic amines is 1. The average molecular weight is 371 g/mol. The zero-order valence-corrected chi connectivity index (χ0v) is 15.6. The van der Waals surface area contributed by atoms with E-state index < -0.39 is 17.8 Å². The van der Waals surface area contributed by atoms with Crippen molar-refractivity contribution in [1.29, 1.82) is 5.41 Å². The van der Waals surface area contributed by atoms with Crippen LogP contribution in [0, 0.1) is 5.41 Å². The first-order valence-electron chi connectivity index (χ1n) is 8.99. The van der Waals surface area contributed by atoms with Crippen LogP contribution in [-0.4, -0.2) is 41.0 Å². The molecule has 0 saturated carbocycles. The Kier molecular flexibility index (Phi) is 7.28. The normalized spacial score (nSPS) is 12.0. The Balaban J connectivity index is 1.95. The Labute approximate surface area is 158 Å². The Morgan fingerprint density at radius 3 is 2.67 bits per heavy atom. The summed E-state index contributed by atoms with van der Waals surface area (Å²) in [6.45, 7) is 3.44. The number of amides is 1. The number of hydrogen-bond acceptors (Lipinski definition) is 5. The number of carbonyl (C=O) groups is 3. The van der Waals surface area contributed by atoms with E-state index in [0.29, 0.717) is 12.6 Å². The molecule has 0 radical (unpaired) electrons. The van der Waals surface area contributed by atoms with E-state index in [4.69, 9.17) is 10.1 Å². The molecule has 0 bridgehead atoms. The lowest BCUT2D eigenvalue weighted by atomic mass is 10.1. The number of esters is 1. The Hall–Kier alpha value is -2.96. The molecule has 2 rings (SSSR count). The number of H-pyrrole nitrogens is 1. The maximum absolute atomic E-state index is 12.3. The van der Waals surface area contributed by atoms with E-state index in [1.165, 1.54) is 0 Å². The molecule has 1 aromatic heterocycles. The molecule has 0 fully saturated rings. The molecule has 27 heavy (non-hydrogen) atoms. The van der Waals surface area contributed by atoms with Crippen LogP contribution < -0.4 is 5.32 Å². The second-order valence-corrected chi connectivity index (χ2v) is 6.61. The predicted octanol–water partition coefficient (Wildman–Crippen LogP) is 2.54. The average Bonchev–Trinajstić information content (AvgIpc) is 3.05. The number of aromatic nitrogens is 1. The van der Waals surface area contributed by atoms with Crippen molar-refractivity contribution in [3.63, 3.8) is 0 Å². The number of hydrogen-bond donors (Lipinski definition) is 3. The largest absolute Gasteiger partial charge is 0.461 e. The molecule has 1 atom stereocenters. The number of para-hydroxylation sites is 1. The third-order valence-electron chi connectivity index (χ3n) is 4.11. The molecule has 0 spiro atoms. The summed E-state index contributed by atoms with van der Waals surface area (Å²) < 4.78 is 5.16. The van der Waals surface area contributed by atoms with Crippen molar-refractivity contribution in [2.45, 2.75) is 51.7 Å². The molecule has 7 nitrogen and oxygen atoms in total. The number of nitrogens with one attached hydrogen (secondary N) is 3. The van der Waals surface area contributed by atoms with Crippen molar-refractivity contribution in [3.05, 3.63) is 36.0 Å². The number of ether oxygens (including phenoxy) is 1. The SMILES string of the molecule is CC(C)OC(=O)C(CCC(=O)C=N)NC(=O)CCc1c[nH]c2ccccc12. The van der Waals surface area contributed by atoms with Gasteiger partial charge in [-0.05, 0) is 38.3 Å². The first kappa shape index (κ1) is 20.4. The molecule has 7 heteroatoms. The maximum Gasteiger partial charge on any atom is 0.328 e. The quantitative estimate of drug-likeness (QED) is 0.440. The van der Waals surface area contributed by atoms with Crippen molar-refractivity contribution in [2.75, 3.05) is 0 Å². The minimum absolute atomic E-state index is 0.00406. The first-order chi connectivity index (χ1) is 12.9. The molecule has 0 aliphatic rings. The van der Waals surface area contributed by atoms with Gasteiger partial charge in [0.15, 0.2) is 5.78 Å². The van der Waals surface area contributed by atoms with Crippen molar-refractivity contribution in [3.8, 4) is 0 Å². The van der Waals surface area contributed by atoms with E-state index in [2.05, 4.69) is 10.3 Å². The molecule has 1 unspecified atom stereocenters. The Bertz CT molecular complexity index is 825. The fourth-order valence-corrected chi connectivity index (χ4v) is 2.78. The van der Waals surface area contributed by atoms with Gasteiger partial charge in [0.05, 0.1) is 12.3 Å². The third-order valence-corrected chi connectivity index (χ3v) is 4.11. The van der Waals surface area contributed by atoms with Crippen molar-refractivity contribution in [1.82, 2.24) is 10.3 Å². The topological polar surface area (TPSA) is 112 Å². The van der Waals surface area contributed by atoms with Crippen molar-refractivity contribution < 1.29 is 19.1 Å². The summed E-state index contributed by atoms with van der Waals surface area (Å²) in [6.07, 6.45) is 3.13. The minimum atomic E-state index is -0.897. The van der Waals surface area contributed by atoms with Crippen LogP contribution in [0.2, 0.25) is 0 Å². The van der Waals surface area contributed by atoms with Gasteiger partial charge in [-0.15, -0.1) is 0 Å². The zero-order chi connectivity index (χ0) is 19.8. The van der Waals surface area contributed by atoms with Crippen molar-refractivity contribution >= 4 is 34.8 Å². The van der Waals surface area contributed by atoms with E-state index in [1.54, 1.807) is 13.8 Å². The molecular weight excluding hydrogens is 346 g/mol. The maximum atomic E-state index is 12.3. The summed E-state index contributed by atoms with van der Waals surface area (Å²) >= 11 is 0. The highest BCUT2D eigenvalue weighted by Gasteiger charge is 2.23. The van der Waals surface area contributed by atoms with Crippen LogP contribution in [0.3, 0.4) is 0 Å². The van der Waals surface area contributed by atoms with E-state index in [1.807, 2.05) is 30.5 Å². The van der Waals surface area contributed by atoms with Gasteiger partial charge in [0, 0.05) is 29.9 Å². The second-order valence-electron chi connectivity index (χ2n) is 6.61. The fraction of sp³-hybridized carbons (Fsp3) is 0.400. The van der Waals surface area contributed by atoms with Crippen molar-refractivity contribution in [2.24, 2.45) is 0 Å². The van der Waals surface area contributed by atoms with Gasteiger partial charge in [0.25, 0.3) is 0 Å². The van der Waals surface area contributed by atoms with E-state index in [-0.39, 0.29) is 31.3 Å². The highest BCUT2D eigenvalue weighted by atomic mass is 16.5. The number of benzene rings is 1. The van der Waals surface area contributed by atoms with E-state index in [9.17, 15) is 14.4 Å². The van der Waals surface area contributed by atoms with Gasteiger partial charge in [-0.25, -0.2) is 4.79 Å². The van der Waals surface area contributed by atoms with Crippen LogP contribution in [0.25, 0.3) is 10.9 Å². The van der Waals surface area contributed by atoms with Gasteiger partial charge in [-0.2, -0.15) is 0 Å². The molecule has 0 saturated heterocycles. The van der Waals surface area contributed by atoms with E-state index >= 15 is 0 Å². The van der Waals surface area contributed by atoms with Gasteiger partial charge in [-0.3, -0.25) is 9.59 Å². The molecule has 1 aromatic carbocycles. The highest BCUT2D eigenvalue weighted by molar-refractivity contribution is 6.26. The molecule has 0 aliphatic carbocycles. The smallest absolute Gasteiger partial charge is 0.328 e. The minimum Gasteiger partial charge on any atom is -0.461 e. The first-order valence-corrected chi connectivity index (χ1v) is 8.99. The van der Waals surface area contributed by atoms with Gasteiger partial charge in [0.1, 0.15) is 6.04 Å². The highest BCUT2D eigenvalue weighted by Crippen LogP contribution is 2.19. The number of Topliss-reactive ketones (excluding diaryl/α,β-unsaturated/α-hetero) is 1. The fourth-order valence-electron chi connectivity index (χ4n) is 2.78. The summed E-state index contributed by atoms with van der Waals surface area (Å²) in [5.74, 6) is -1.25. The van der Waals surface area contributed by atoms with Crippen LogP contribution in [0.15, 0.2) is 30.5 Å². The van der Waals surface area contributed by atoms with Gasteiger partial charge in [0.2, 0.25) is 5.91 Å². The molecule has 2 aromatic rings. The number of rotatable bonds is 10. The van der Waals surface area contributed by atoms with Crippen LogP contribution in [0.5, 0.6) is 0 Å². The third kappa shape index (κ3) is 6.06. The molecular formula is C20H25N3O4. The molecule has 3 N–H and O–H groups in total. The molecule has 0 aliphatic heterocycles. The molecule has 144 valence electrons. The lowest BCUT2D eigenvalue weighted by Gasteiger charge is -2.18. The van der Waals surface area contributed by atoms with Gasteiger partial charge < -0.3 is 20.4 Å². The summed E-state index contributed by atoms with van der Waals surface area (Å²) in [5.41, 5.74) is 2.04. The van der Waals surface area contributed by atoms with Gasteiger partial charge in [-0.1, -0.05) is 18.2 Å². The van der Waals surface area contributed by atoms with Crippen LogP contribution in [-0.2, 0) is 25.5 Å². The number of carbonyl (C=O) groups excluding carboxylic acids is 3. The van der Waals surface area contributed by atoms with E-state index in [0.717, 1.165) is 16.5 Å². The zero-order valence-electron chi connectivity index (χ0n) is 15.6. The van der Waals surface area contributed by atoms with Crippen LogP contribution in [0.4, 0.5) is 0 Å². The molecule has 1 amide bonds. The molecule has 1 heterocycles. The Morgan fingerprint density at radius 1 is 1.22 bits per heavy atom. The lowest BCUT2D eigenvalue weighted by molar-refractivity contribution is -0.151. The van der Waals surface area contributed by atoms with Gasteiger partial charge >= 0.3 is 5.97 Å². The Morgan fingerprint density at radius 2 is 1.96 bits per heavy atom. The standard InChI is InChI=1S/C20H25N3O4/c1-13(2)27-20(26)18(9-8-15(24)11-21)23-19(25)10-7-14-12-22-17-6-4-3-5-16(14)17/h3-6,11-13,18,21-22H,7-10H2,1-2H3,(H,23,25). The monoisotopic (exact) mass is 371 g/mol. The van der Waals surface area contributed by atoms with Crippen LogP contribution in [0.1, 0.15) is 38.7 Å². The summed E-state index contributed by atoms with van der Waals surface area (Å²) in [4.78, 5) is 39.0. The predicted molar refractivity (Wildman–Crippen MR) is 103 cm³/mol. The number of aryl methyl sites for hydroxylation is 1. The summed E-state index contributed by atoms with van der Waals surface area (Å²) in [6, 6.07) is 6.95. The number of fused-ring (bicyclic) bond motifs is 1. The summed E-state index contributed by atoms with van der Waals surface area (Å²) in [7, 11) is 0. The second kappa shape index (κ2) is 9.66. The van der Waals surface area contributed by atoms with Crippen LogP contribution >= 0.6 is 0 Å². The number of ketones is 1. The summed E-state index contributed by atoms with van der Waals surface area (Å²) in [5, 5.41) is 10.7. The lowest BCUT2D eigenvalue weighted by Crippen LogP contribution is -2.43.